The maximum atomic E-state index is 12.2. The maximum Gasteiger partial charge on any atom is 0.318 e. The summed E-state index contributed by atoms with van der Waals surface area (Å²) in [5, 5.41) is 2.85. The number of likely N-dealkylation sites (tertiary alicyclic amines) is 1. The summed E-state index contributed by atoms with van der Waals surface area (Å²) < 4.78 is 4.68. The van der Waals surface area contributed by atoms with E-state index in [0.29, 0.717) is 13.0 Å². The van der Waals surface area contributed by atoms with Gasteiger partial charge in [-0.05, 0) is 49.4 Å². The Balaban J connectivity index is 1.88. The van der Waals surface area contributed by atoms with Crippen molar-refractivity contribution in [3.05, 3.63) is 35.4 Å². The Labute approximate surface area is 150 Å². The van der Waals surface area contributed by atoms with Crippen molar-refractivity contribution in [1.29, 1.82) is 0 Å². The molecule has 2 rings (SSSR count). The van der Waals surface area contributed by atoms with E-state index in [1.54, 1.807) is 6.92 Å². The summed E-state index contributed by atoms with van der Waals surface area (Å²) in [5.41, 5.74) is 2.32. The van der Waals surface area contributed by atoms with Crippen molar-refractivity contribution < 1.29 is 14.3 Å². The molecule has 0 aromatic heterocycles. The van der Waals surface area contributed by atoms with E-state index in [1.807, 2.05) is 12.1 Å². The monoisotopic (exact) mass is 346 g/mol. The van der Waals surface area contributed by atoms with Crippen LogP contribution in [0.4, 0.5) is 0 Å². The third-order valence-electron chi connectivity index (χ3n) is 4.95. The molecular weight excluding hydrogens is 316 g/mol. The van der Waals surface area contributed by atoms with Gasteiger partial charge < -0.3 is 10.1 Å². The Morgan fingerprint density at radius 2 is 1.96 bits per heavy atom. The van der Waals surface area contributed by atoms with E-state index >= 15 is 0 Å². The van der Waals surface area contributed by atoms with Crippen LogP contribution in [-0.2, 0) is 27.4 Å². The first-order chi connectivity index (χ1) is 12.0. The van der Waals surface area contributed by atoms with Crippen molar-refractivity contribution in [2.24, 2.45) is 11.8 Å². The van der Waals surface area contributed by atoms with Crippen LogP contribution in [0.2, 0.25) is 0 Å². The molecule has 25 heavy (non-hydrogen) atoms. The summed E-state index contributed by atoms with van der Waals surface area (Å²) in [6, 6.07) is 8.30. The predicted molar refractivity (Wildman–Crippen MR) is 97.8 cm³/mol. The number of hydrogen-bond donors (Lipinski definition) is 1. The number of rotatable bonds is 7. The number of amides is 1. The van der Waals surface area contributed by atoms with Crippen LogP contribution in [0.3, 0.4) is 0 Å². The number of benzene rings is 1. The lowest BCUT2D eigenvalue weighted by Crippen LogP contribution is -2.35. The molecular formula is C20H30N2O3. The Kier molecular flexibility index (Phi) is 7.44. The topological polar surface area (TPSA) is 58.6 Å². The molecule has 1 aromatic rings. The van der Waals surface area contributed by atoms with E-state index in [1.165, 1.54) is 25.5 Å². The largest absolute Gasteiger partial charge is 0.468 e. The highest BCUT2D eigenvalue weighted by Gasteiger charge is 2.25. The van der Waals surface area contributed by atoms with Crippen LogP contribution in [-0.4, -0.2) is 37.0 Å². The summed E-state index contributed by atoms with van der Waals surface area (Å²) in [4.78, 5) is 26.3. The van der Waals surface area contributed by atoms with Crippen LogP contribution in [0.5, 0.6) is 0 Å². The predicted octanol–water partition coefficient (Wildman–Crippen LogP) is 2.73. The van der Waals surface area contributed by atoms with Crippen LogP contribution >= 0.6 is 0 Å². The molecule has 0 aliphatic carbocycles. The number of nitrogens with one attached hydrogen (secondary N) is 1. The number of piperidine rings is 1. The van der Waals surface area contributed by atoms with Crippen LogP contribution in [0.15, 0.2) is 24.3 Å². The molecule has 1 aliphatic rings. The molecule has 1 amide bonds. The van der Waals surface area contributed by atoms with E-state index in [0.717, 1.165) is 31.1 Å². The van der Waals surface area contributed by atoms with Gasteiger partial charge in [0.15, 0.2) is 0 Å². The van der Waals surface area contributed by atoms with Crippen LogP contribution in [0, 0.1) is 11.8 Å². The third kappa shape index (κ3) is 5.85. The zero-order chi connectivity index (χ0) is 18.2. The third-order valence-corrected chi connectivity index (χ3v) is 4.95. The average molecular weight is 346 g/mol. The molecule has 1 aromatic carbocycles. The molecule has 1 heterocycles. The molecule has 1 atom stereocenters. The van der Waals surface area contributed by atoms with Crippen LogP contribution in [0.1, 0.15) is 44.2 Å². The lowest BCUT2D eigenvalue weighted by atomic mass is 9.98. The number of methoxy groups -OCH3 is 1. The number of hydrogen-bond acceptors (Lipinski definition) is 4. The summed E-state index contributed by atoms with van der Waals surface area (Å²) in [7, 11) is 1.31. The molecule has 0 spiro atoms. The van der Waals surface area contributed by atoms with Gasteiger partial charge in [-0.15, -0.1) is 0 Å². The van der Waals surface area contributed by atoms with Crippen LogP contribution in [0.25, 0.3) is 0 Å². The van der Waals surface area contributed by atoms with Crippen molar-refractivity contribution in [3.8, 4) is 0 Å². The number of carbonyl (C=O) groups excluding carboxylic acids is 2. The van der Waals surface area contributed by atoms with Crippen molar-refractivity contribution in [2.75, 3.05) is 20.2 Å². The summed E-state index contributed by atoms with van der Waals surface area (Å²) in [5.74, 6) is -0.652. The number of carbonyl (C=O) groups is 2. The van der Waals surface area contributed by atoms with Gasteiger partial charge in [-0.3, -0.25) is 14.5 Å². The second-order valence-corrected chi connectivity index (χ2v) is 6.98. The Morgan fingerprint density at radius 1 is 1.28 bits per heavy atom. The highest BCUT2D eigenvalue weighted by Crippen LogP contribution is 2.18. The highest BCUT2D eigenvalue weighted by molar-refractivity contribution is 5.97. The SMILES string of the molecule is CC[C@H](C(=O)NCc1cccc(CN2CCC(C)CC2)c1)C(=O)OC. The minimum absolute atomic E-state index is 0.273. The Morgan fingerprint density at radius 3 is 2.60 bits per heavy atom. The summed E-state index contributed by atoms with van der Waals surface area (Å²) >= 11 is 0. The van der Waals surface area contributed by atoms with Gasteiger partial charge in [-0.1, -0.05) is 38.1 Å². The van der Waals surface area contributed by atoms with Crippen molar-refractivity contribution in [1.82, 2.24) is 10.2 Å². The summed E-state index contributed by atoms with van der Waals surface area (Å²) in [6.45, 7) is 7.81. The second-order valence-electron chi connectivity index (χ2n) is 6.98. The van der Waals surface area contributed by atoms with E-state index in [9.17, 15) is 9.59 Å². The van der Waals surface area contributed by atoms with Crippen molar-refractivity contribution >= 4 is 11.9 Å². The first-order valence-electron chi connectivity index (χ1n) is 9.19. The fourth-order valence-corrected chi connectivity index (χ4v) is 3.23. The minimum Gasteiger partial charge on any atom is -0.468 e. The molecule has 0 bridgehead atoms. The average Bonchev–Trinajstić information content (AvgIpc) is 2.62. The molecule has 5 nitrogen and oxygen atoms in total. The summed E-state index contributed by atoms with van der Waals surface area (Å²) in [6.07, 6.45) is 2.97. The number of nitrogens with zero attached hydrogens (tertiary/aromatic N) is 1. The second kappa shape index (κ2) is 9.56. The molecule has 5 heteroatoms. The highest BCUT2D eigenvalue weighted by atomic mass is 16.5. The zero-order valence-electron chi connectivity index (χ0n) is 15.6. The minimum atomic E-state index is -0.733. The fraction of sp³-hybridized carbons (Fsp3) is 0.600. The van der Waals surface area contributed by atoms with E-state index in [2.05, 4.69) is 34.0 Å². The van der Waals surface area contributed by atoms with Crippen molar-refractivity contribution in [3.63, 3.8) is 0 Å². The molecule has 1 N–H and O–H groups in total. The molecule has 1 saturated heterocycles. The van der Waals surface area contributed by atoms with Gasteiger partial charge in [-0.2, -0.15) is 0 Å². The normalized spacial score (nSPS) is 17.1. The number of ether oxygens (including phenoxy) is 1. The molecule has 1 aliphatic heterocycles. The lowest BCUT2D eigenvalue weighted by molar-refractivity contribution is -0.150. The first-order valence-corrected chi connectivity index (χ1v) is 9.19. The van der Waals surface area contributed by atoms with Gasteiger partial charge in [0.05, 0.1) is 7.11 Å². The van der Waals surface area contributed by atoms with E-state index in [4.69, 9.17) is 0 Å². The van der Waals surface area contributed by atoms with Gasteiger partial charge >= 0.3 is 5.97 Å². The zero-order valence-corrected chi connectivity index (χ0v) is 15.6. The quantitative estimate of drug-likeness (QED) is 0.609. The van der Waals surface area contributed by atoms with Crippen LogP contribution < -0.4 is 5.32 Å². The van der Waals surface area contributed by atoms with Gasteiger partial charge in [-0.25, -0.2) is 0 Å². The number of esters is 1. The fourth-order valence-electron chi connectivity index (χ4n) is 3.23. The molecule has 0 saturated carbocycles. The lowest BCUT2D eigenvalue weighted by Gasteiger charge is -2.30. The first kappa shape index (κ1) is 19.4. The Hall–Kier alpha value is -1.88. The van der Waals surface area contributed by atoms with Gasteiger partial charge in [0.25, 0.3) is 0 Å². The van der Waals surface area contributed by atoms with Gasteiger partial charge in [0, 0.05) is 13.1 Å². The van der Waals surface area contributed by atoms with E-state index < -0.39 is 11.9 Å². The maximum absolute atomic E-state index is 12.2. The molecule has 0 unspecified atom stereocenters. The molecule has 0 radical (unpaired) electrons. The molecule has 138 valence electrons. The smallest absolute Gasteiger partial charge is 0.318 e. The van der Waals surface area contributed by atoms with Gasteiger partial charge in [0.1, 0.15) is 5.92 Å². The van der Waals surface area contributed by atoms with E-state index in [-0.39, 0.29) is 5.91 Å². The van der Waals surface area contributed by atoms with Gasteiger partial charge in [0.2, 0.25) is 5.91 Å². The Bertz CT molecular complexity index is 580. The molecule has 1 fully saturated rings. The standard InChI is InChI=1S/C20H30N2O3/c1-4-18(20(24)25-3)19(23)21-13-16-6-5-7-17(12-16)14-22-10-8-15(2)9-11-22/h5-7,12,15,18H,4,8-11,13-14H2,1-3H3,(H,21,23)/t18-/m1/s1. The van der Waals surface area contributed by atoms with Crippen molar-refractivity contribution in [2.45, 2.75) is 46.2 Å².